The Bertz CT molecular complexity index is 1310. The standard InChI is InChI=1S/C32H40O10/c1-8-30(6)15-19(34)23-31(7)20(14-21(40-17(3)33)32(23,38)28(30)37)29(4,5)24(35)22(41-27-16(2)39-27)25(31)42-26(36)18-12-10-9-11-13-18/h8-13,16,20-25,27,35,38H,1,14-15H2,2-7H3/t16?,20?,21-,22+,23?,24-,25+,27?,30+,31+,32+/m1/s1. The highest BCUT2D eigenvalue weighted by Crippen LogP contribution is 2.66. The number of benzene rings is 1. The Morgan fingerprint density at radius 3 is 2.26 bits per heavy atom. The van der Waals surface area contributed by atoms with E-state index in [2.05, 4.69) is 6.58 Å². The highest BCUT2D eigenvalue weighted by Gasteiger charge is 2.78. The summed E-state index contributed by atoms with van der Waals surface area (Å²) >= 11 is 0. The Balaban J connectivity index is 1.72. The van der Waals surface area contributed by atoms with Crippen LogP contribution in [0, 0.1) is 28.1 Å². The molecule has 4 unspecified atom stereocenters. The topological polar surface area (TPSA) is 149 Å². The molecular weight excluding hydrogens is 544 g/mol. The van der Waals surface area contributed by atoms with Crippen LogP contribution in [0.15, 0.2) is 43.0 Å². The van der Waals surface area contributed by atoms with Crippen LogP contribution in [0.5, 0.6) is 0 Å². The summed E-state index contributed by atoms with van der Waals surface area (Å²) in [6.45, 7) is 13.5. The molecule has 0 amide bonds. The van der Waals surface area contributed by atoms with Crippen molar-refractivity contribution in [2.75, 3.05) is 0 Å². The average Bonchev–Trinajstić information content (AvgIpc) is 3.63. The van der Waals surface area contributed by atoms with E-state index in [-0.39, 0.29) is 24.5 Å². The molecule has 4 aliphatic rings. The number of epoxide rings is 1. The van der Waals surface area contributed by atoms with Gasteiger partial charge in [0.15, 0.2) is 17.7 Å². The van der Waals surface area contributed by atoms with Gasteiger partial charge >= 0.3 is 11.9 Å². The lowest BCUT2D eigenvalue weighted by atomic mass is 9.39. The van der Waals surface area contributed by atoms with Gasteiger partial charge in [-0.05, 0) is 43.7 Å². The predicted molar refractivity (Wildman–Crippen MR) is 148 cm³/mol. The summed E-state index contributed by atoms with van der Waals surface area (Å²) in [5.41, 5.74) is -6.11. The van der Waals surface area contributed by atoms with Gasteiger partial charge in [0, 0.05) is 18.8 Å². The second-order valence-corrected chi connectivity index (χ2v) is 13.4. The van der Waals surface area contributed by atoms with Crippen molar-refractivity contribution in [3.8, 4) is 0 Å². The van der Waals surface area contributed by atoms with Gasteiger partial charge in [0.1, 0.15) is 30.2 Å². The number of ether oxygens (including phenoxy) is 4. The first-order valence-electron chi connectivity index (χ1n) is 14.4. The number of carbonyl (C=O) groups excluding carboxylic acids is 4. The summed E-state index contributed by atoms with van der Waals surface area (Å²) in [5.74, 6) is -4.75. The second kappa shape index (κ2) is 10.1. The number of hydrogen-bond donors (Lipinski definition) is 2. The molecule has 3 saturated carbocycles. The maximum absolute atomic E-state index is 14.3. The van der Waals surface area contributed by atoms with Gasteiger partial charge in [0.25, 0.3) is 0 Å². The molecule has 1 heterocycles. The normalized spacial score (nSPS) is 43.9. The van der Waals surface area contributed by atoms with Gasteiger partial charge < -0.3 is 29.2 Å². The van der Waals surface area contributed by atoms with Gasteiger partial charge in [-0.3, -0.25) is 14.4 Å². The number of esters is 2. The Morgan fingerprint density at radius 1 is 1.10 bits per heavy atom. The van der Waals surface area contributed by atoms with E-state index in [1.807, 2.05) is 0 Å². The molecule has 42 heavy (non-hydrogen) atoms. The Kier molecular flexibility index (Phi) is 7.33. The molecule has 0 radical (unpaired) electrons. The molecule has 1 saturated heterocycles. The molecule has 4 fully saturated rings. The van der Waals surface area contributed by atoms with Gasteiger partial charge in [0.2, 0.25) is 0 Å². The second-order valence-electron chi connectivity index (χ2n) is 13.4. The molecule has 0 aromatic heterocycles. The van der Waals surface area contributed by atoms with Crippen molar-refractivity contribution in [2.45, 2.75) is 96.8 Å². The van der Waals surface area contributed by atoms with Gasteiger partial charge in [-0.2, -0.15) is 0 Å². The highest BCUT2D eigenvalue weighted by molar-refractivity contribution is 6.06. The molecule has 10 heteroatoms. The van der Waals surface area contributed by atoms with Crippen LogP contribution in [-0.4, -0.2) is 76.1 Å². The Hall–Kier alpha value is -2.92. The van der Waals surface area contributed by atoms with E-state index in [9.17, 15) is 29.4 Å². The van der Waals surface area contributed by atoms with Crippen molar-refractivity contribution in [3.63, 3.8) is 0 Å². The molecule has 10 nitrogen and oxygen atoms in total. The fourth-order valence-corrected chi connectivity index (χ4v) is 8.06. The third-order valence-electron chi connectivity index (χ3n) is 10.3. The summed E-state index contributed by atoms with van der Waals surface area (Å²) in [5, 5.41) is 24.3. The van der Waals surface area contributed by atoms with Gasteiger partial charge in [-0.15, -0.1) is 6.58 Å². The molecular formula is C32H40O10. The number of hydrogen-bond acceptors (Lipinski definition) is 10. The minimum Gasteiger partial charge on any atom is -0.459 e. The maximum Gasteiger partial charge on any atom is 0.338 e. The summed E-state index contributed by atoms with van der Waals surface area (Å²) < 4.78 is 23.5. The van der Waals surface area contributed by atoms with Crippen molar-refractivity contribution < 1.29 is 48.3 Å². The third kappa shape index (κ3) is 4.37. The number of carbonyl (C=O) groups is 4. The lowest BCUT2D eigenvalue weighted by Gasteiger charge is -2.67. The zero-order chi connectivity index (χ0) is 31.0. The Labute approximate surface area is 245 Å². The van der Waals surface area contributed by atoms with E-state index in [1.54, 1.807) is 58.0 Å². The van der Waals surface area contributed by atoms with E-state index in [0.717, 1.165) is 0 Å². The van der Waals surface area contributed by atoms with E-state index < -0.39 is 87.9 Å². The van der Waals surface area contributed by atoms with Crippen LogP contribution in [0.4, 0.5) is 0 Å². The molecule has 1 aliphatic heterocycles. The fraction of sp³-hybridized carbons (Fsp3) is 0.625. The highest BCUT2D eigenvalue weighted by atomic mass is 16.8. The van der Waals surface area contributed by atoms with Crippen molar-refractivity contribution in [3.05, 3.63) is 48.6 Å². The maximum atomic E-state index is 14.3. The third-order valence-corrected chi connectivity index (χ3v) is 10.3. The summed E-state index contributed by atoms with van der Waals surface area (Å²) in [4.78, 5) is 54.3. The number of aliphatic hydroxyl groups excluding tert-OH is 1. The minimum absolute atomic E-state index is 0.0815. The van der Waals surface area contributed by atoms with Crippen LogP contribution in [-0.2, 0) is 33.3 Å². The first-order valence-corrected chi connectivity index (χ1v) is 14.4. The number of Topliss-reactive ketones (excluding diaryl/α,β-unsaturated/α-hetero) is 2. The molecule has 5 rings (SSSR count). The molecule has 11 atom stereocenters. The first-order chi connectivity index (χ1) is 19.5. The minimum atomic E-state index is -2.46. The van der Waals surface area contributed by atoms with E-state index in [4.69, 9.17) is 18.9 Å². The van der Waals surface area contributed by atoms with Gasteiger partial charge in [0.05, 0.1) is 23.0 Å². The van der Waals surface area contributed by atoms with E-state index in [1.165, 1.54) is 19.9 Å². The van der Waals surface area contributed by atoms with Crippen molar-refractivity contribution >= 4 is 23.5 Å². The molecule has 1 aromatic carbocycles. The fourth-order valence-electron chi connectivity index (χ4n) is 8.06. The van der Waals surface area contributed by atoms with Crippen molar-refractivity contribution in [1.29, 1.82) is 0 Å². The van der Waals surface area contributed by atoms with Crippen molar-refractivity contribution in [1.82, 2.24) is 0 Å². The molecule has 0 spiro atoms. The van der Waals surface area contributed by atoms with Crippen LogP contribution in [0.1, 0.15) is 64.7 Å². The number of ketones is 2. The van der Waals surface area contributed by atoms with Crippen LogP contribution >= 0.6 is 0 Å². The lowest BCUT2D eigenvalue weighted by Crippen LogP contribution is -2.80. The molecule has 228 valence electrons. The Morgan fingerprint density at radius 2 is 1.71 bits per heavy atom. The quantitative estimate of drug-likeness (QED) is 0.290. The zero-order valence-corrected chi connectivity index (χ0v) is 24.9. The molecule has 3 aliphatic carbocycles. The first kappa shape index (κ1) is 30.5. The average molecular weight is 585 g/mol. The van der Waals surface area contributed by atoms with Crippen LogP contribution < -0.4 is 0 Å². The number of fused-ring (bicyclic) bond motifs is 3. The summed E-state index contributed by atoms with van der Waals surface area (Å²) in [7, 11) is 0. The summed E-state index contributed by atoms with van der Waals surface area (Å²) in [6.07, 6.45) is -5.03. The lowest BCUT2D eigenvalue weighted by molar-refractivity contribution is -0.300. The van der Waals surface area contributed by atoms with E-state index >= 15 is 0 Å². The van der Waals surface area contributed by atoms with Crippen molar-refractivity contribution in [2.24, 2.45) is 28.1 Å². The predicted octanol–water partition coefficient (Wildman–Crippen LogP) is 2.78. The largest absolute Gasteiger partial charge is 0.459 e. The molecule has 0 bridgehead atoms. The van der Waals surface area contributed by atoms with Crippen LogP contribution in [0.25, 0.3) is 0 Å². The van der Waals surface area contributed by atoms with Gasteiger partial charge in [-0.25, -0.2) is 4.79 Å². The molecule has 2 N–H and O–H groups in total. The number of aliphatic hydroxyl groups is 2. The SMILES string of the molecule is C=C[C@@]1(C)CC(=O)C2[C@]3(C)C(C[C@@H](OC(C)=O)[C@@]2(O)C1=O)C(C)(C)[C@H](O)[C@H](OC1OC1C)[C@@H]3OC(=O)c1ccccc1. The monoisotopic (exact) mass is 584 g/mol. The van der Waals surface area contributed by atoms with Crippen LogP contribution in [0.2, 0.25) is 0 Å². The van der Waals surface area contributed by atoms with Gasteiger partial charge in [-0.1, -0.05) is 45.0 Å². The molecule has 1 aromatic rings. The van der Waals surface area contributed by atoms with Crippen LogP contribution in [0.3, 0.4) is 0 Å². The number of rotatable bonds is 6. The number of allylic oxidation sites excluding steroid dienone is 1. The van der Waals surface area contributed by atoms with E-state index in [0.29, 0.717) is 0 Å². The summed E-state index contributed by atoms with van der Waals surface area (Å²) in [6, 6.07) is 8.25. The smallest absolute Gasteiger partial charge is 0.338 e. The zero-order valence-electron chi connectivity index (χ0n) is 24.9.